The first-order valence-corrected chi connectivity index (χ1v) is 23.5. The van der Waals surface area contributed by atoms with Crippen molar-refractivity contribution in [3.8, 4) is 0 Å². The van der Waals surface area contributed by atoms with Gasteiger partial charge in [-0.1, -0.05) is 34.1 Å². The van der Waals surface area contributed by atoms with Gasteiger partial charge >= 0.3 is 5.97 Å². The van der Waals surface area contributed by atoms with Crippen LogP contribution in [-0.4, -0.2) is 136 Å². The van der Waals surface area contributed by atoms with Crippen LogP contribution in [0.3, 0.4) is 0 Å². The number of primary amides is 1. The summed E-state index contributed by atoms with van der Waals surface area (Å²) in [7, 11) is 0. The summed E-state index contributed by atoms with van der Waals surface area (Å²) in [5.41, 5.74) is 10.8. The molecule has 8 atom stereocenters. The third-order valence-electron chi connectivity index (χ3n) is 12.3. The number of Topliss-reactive ketones (excluding diaryl/α,β-unsaturated/α-hetero) is 5. The molecule has 0 spiro atoms. The summed E-state index contributed by atoms with van der Waals surface area (Å²) in [6.07, 6.45) is 0.324. The zero-order valence-electron chi connectivity index (χ0n) is 39.4. The fourth-order valence-electron chi connectivity index (χ4n) is 8.37. The lowest BCUT2D eigenvalue weighted by Gasteiger charge is -2.25. The highest BCUT2D eigenvalue weighted by atomic mass is 16.4. The topological polar surface area (TPSA) is 332 Å². The summed E-state index contributed by atoms with van der Waals surface area (Å²) in [5.74, 6) is -9.17. The highest BCUT2D eigenvalue weighted by Gasteiger charge is 2.37. The third kappa shape index (κ3) is 20.3. The molecule has 0 aromatic rings. The maximum Gasteiger partial charge on any atom is 0.306 e. The number of carbonyl (C=O) groups excluding carboxylic acids is 10. The molecule has 10 N–H and O–H groups in total. The Labute approximate surface area is 387 Å². The SMILES string of the molecule is CC(C)C[C@H](CC(=O)CNC(=O)[C@@H](CC(=O)[C@H](CCC(N)=O)NC(=O)CCC(=O)[C@@H]1C[C@@H](O)CN1)C(C)C)C(=O)N[C@@H](C)C(=O)CCC(=O)N1CCC[C@H]1C(=O)C[C@@H](CCCCN)C(=O)O. The van der Waals surface area contributed by atoms with Crippen molar-refractivity contribution in [3.63, 3.8) is 0 Å². The number of carboxylic acids is 1. The number of hydrogen-bond donors (Lipinski definition) is 8. The Morgan fingerprint density at radius 2 is 1.47 bits per heavy atom. The van der Waals surface area contributed by atoms with Gasteiger partial charge in [-0.05, 0) is 70.3 Å². The molecule has 2 heterocycles. The Balaban J connectivity index is 1.95. The van der Waals surface area contributed by atoms with E-state index in [1.807, 2.05) is 13.8 Å². The number of rotatable bonds is 33. The van der Waals surface area contributed by atoms with Gasteiger partial charge in [-0.3, -0.25) is 52.7 Å². The highest BCUT2D eigenvalue weighted by molar-refractivity contribution is 5.97. The van der Waals surface area contributed by atoms with Gasteiger partial charge in [0.2, 0.25) is 29.5 Å². The molecule has 0 radical (unpaired) electrons. The lowest BCUT2D eigenvalue weighted by molar-refractivity contribution is -0.145. The molecule has 2 rings (SSSR count). The number of nitrogens with one attached hydrogen (secondary N) is 4. The van der Waals surface area contributed by atoms with Crippen LogP contribution in [-0.2, 0) is 52.7 Å². The van der Waals surface area contributed by atoms with Crippen LogP contribution >= 0.6 is 0 Å². The van der Waals surface area contributed by atoms with Gasteiger partial charge < -0.3 is 47.8 Å². The van der Waals surface area contributed by atoms with Crippen LogP contribution in [0.1, 0.15) is 137 Å². The predicted octanol–water partition coefficient (Wildman–Crippen LogP) is 0.412. The molecule has 0 aromatic carbocycles. The number of aliphatic hydroxyl groups is 1. The van der Waals surface area contributed by atoms with Crippen molar-refractivity contribution in [2.24, 2.45) is 41.1 Å². The molecular weight excluding hydrogens is 859 g/mol. The second-order valence-electron chi connectivity index (χ2n) is 18.7. The molecule has 0 bridgehead atoms. The van der Waals surface area contributed by atoms with Crippen molar-refractivity contribution in [1.29, 1.82) is 0 Å². The van der Waals surface area contributed by atoms with Gasteiger partial charge in [0, 0.05) is 76.3 Å². The fraction of sp³-hybridized carbons (Fsp3) is 0.761. The molecule has 2 aliphatic heterocycles. The summed E-state index contributed by atoms with van der Waals surface area (Å²) in [6.45, 7) is 9.12. The molecule has 2 fully saturated rings. The van der Waals surface area contributed by atoms with Crippen LogP contribution < -0.4 is 32.7 Å². The standard InChI is InChI=1S/C46H75N7O13/c1-26(2)19-30(44(63)51-28(5)37(56)13-16-43(62)53-18-8-10-36(53)40(59)21-29(46(65)66)9-6-7-17-47)20-31(54)25-50-45(64)33(27(3)4)23-39(58)34(11-14-41(48)60)52-42(61)15-12-38(57)35-22-32(55)24-49-35/h26-30,32-36,49,55H,6-25,47H2,1-5H3,(H2,48,60)(H,50,64)(H,51,63)(H,52,61)(H,65,66)/t28-,29+,30+,32+,33-,34-,35-,36-/m0/s1. The fourth-order valence-corrected chi connectivity index (χ4v) is 8.37. The molecule has 372 valence electrons. The second kappa shape index (κ2) is 28.9. The van der Waals surface area contributed by atoms with Gasteiger partial charge in [0.1, 0.15) is 5.78 Å². The second-order valence-corrected chi connectivity index (χ2v) is 18.7. The van der Waals surface area contributed by atoms with E-state index in [0.29, 0.717) is 45.2 Å². The largest absolute Gasteiger partial charge is 0.481 e. The average Bonchev–Trinajstić information content (AvgIpc) is 3.93. The minimum Gasteiger partial charge on any atom is -0.481 e. The van der Waals surface area contributed by atoms with Crippen molar-refractivity contribution in [2.45, 2.75) is 168 Å². The molecule has 2 saturated heterocycles. The van der Waals surface area contributed by atoms with Crippen molar-refractivity contribution in [2.75, 3.05) is 26.2 Å². The van der Waals surface area contributed by atoms with Crippen molar-refractivity contribution in [3.05, 3.63) is 0 Å². The molecule has 2 aliphatic rings. The lowest BCUT2D eigenvalue weighted by atomic mass is 9.87. The Bertz CT molecular complexity index is 1740. The number of carbonyl (C=O) groups is 11. The number of β-amino-alcohol motifs (C(OH)–C–C–N with tert-alkyl or cyclic N) is 1. The molecule has 5 amide bonds. The maximum atomic E-state index is 13.5. The number of likely N-dealkylation sites (tertiary alicyclic amines) is 1. The van der Waals surface area contributed by atoms with Gasteiger partial charge in [0.15, 0.2) is 23.1 Å². The molecule has 66 heavy (non-hydrogen) atoms. The number of amides is 5. The van der Waals surface area contributed by atoms with Gasteiger partial charge in [0.25, 0.3) is 0 Å². The van der Waals surface area contributed by atoms with Crippen LogP contribution in [0.5, 0.6) is 0 Å². The first-order chi connectivity index (χ1) is 31.0. The molecule has 20 heteroatoms. The third-order valence-corrected chi connectivity index (χ3v) is 12.3. The van der Waals surface area contributed by atoms with E-state index in [1.54, 1.807) is 13.8 Å². The number of hydrogen-bond acceptors (Lipinski definition) is 14. The summed E-state index contributed by atoms with van der Waals surface area (Å²) in [6, 6.07) is -3.53. The van der Waals surface area contributed by atoms with E-state index < -0.39 is 113 Å². The van der Waals surface area contributed by atoms with Gasteiger partial charge in [-0.2, -0.15) is 0 Å². The average molecular weight is 934 g/mol. The lowest BCUT2D eigenvalue weighted by Crippen LogP contribution is -2.45. The number of aliphatic hydroxyl groups excluding tert-OH is 1. The Kier molecular flexibility index (Phi) is 25.1. The summed E-state index contributed by atoms with van der Waals surface area (Å²) in [5, 5.41) is 30.0. The molecule has 0 saturated carbocycles. The van der Waals surface area contributed by atoms with Crippen LogP contribution in [0.15, 0.2) is 0 Å². The summed E-state index contributed by atoms with van der Waals surface area (Å²) < 4.78 is 0. The van der Waals surface area contributed by atoms with Crippen LogP contribution in [0.25, 0.3) is 0 Å². The maximum absolute atomic E-state index is 13.5. The molecule has 0 aromatic heterocycles. The van der Waals surface area contributed by atoms with Gasteiger partial charge in [0.05, 0.1) is 42.7 Å². The summed E-state index contributed by atoms with van der Waals surface area (Å²) in [4.78, 5) is 143. The quantitative estimate of drug-likeness (QED) is 0.0414. The van der Waals surface area contributed by atoms with E-state index in [1.165, 1.54) is 11.8 Å². The predicted molar refractivity (Wildman–Crippen MR) is 241 cm³/mol. The van der Waals surface area contributed by atoms with E-state index >= 15 is 0 Å². The number of aliphatic carboxylic acids is 1. The van der Waals surface area contributed by atoms with Crippen molar-refractivity contribution >= 4 is 64.4 Å². The number of ketones is 5. The van der Waals surface area contributed by atoms with E-state index in [9.17, 15) is 63.0 Å². The van der Waals surface area contributed by atoms with E-state index in [0.717, 1.165) is 0 Å². The Hall–Kier alpha value is -4.95. The van der Waals surface area contributed by atoms with Crippen molar-refractivity contribution in [1.82, 2.24) is 26.2 Å². The summed E-state index contributed by atoms with van der Waals surface area (Å²) >= 11 is 0. The number of nitrogens with zero attached hydrogens (tertiary/aromatic N) is 1. The monoisotopic (exact) mass is 934 g/mol. The zero-order valence-corrected chi connectivity index (χ0v) is 39.4. The van der Waals surface area contributed by atoms with Crippen LogP contribution in [0, 0.1) is 29.6 Å². The number of unbranched alkanes of at least 4 members (excludes halogenated alkanes) is 1. The highest BCUT2D eigenvalue weighted by Crippen LogP contribution is 2.25. The van der Waals surface area contributed by atoms with Gasteiger partial charge in [-0.25, -0.2) is 0 Å². The van der Waals surface area contributed by atoms with E-state index in [2.05, 4.69) is 21.3 Å². The smallest absolute Gasteiger partial charge is 0.306 e. The molecule has 0 aliphatic carbocycles. The zero-order chi connectivity index (χ0) is 49.7. The van der Waals surface area contributed by atoms with Crippen LogP contribution in [0.4, 0.5) is 0 Å². The molecule has 0 unspecified atom stereocenters. The van der Waals surface area contributed by atoms with Crippen molar-refractivity contribution < 1.29 is 63.0 Å². The number of nitrogens with two attached hydrogens (primary N) is 2. The normalized spacial score (nSPS) is 19.3. The minimum absolute atomic E-state index is 0.0299. The first-order valence-electron chi connectivity index (χ1n) is 23.5. The van der Waals surface area contributed by atoms with Gasteiger partial charge in [-0.15, -0.1) is 0 Å². The van der Waals surface area contributed by atoms with Crippen LogP contribution in [0.2, 0.25) is 0 Å². The van der Waals surface area contributed by atoms with E-state index in [4.69, 9.17) is 11.5 Å². The molecular formula is C46H75N7O13. The molecule has 20 nitrogen and oxygen atoms in total. The first kappa shape index (κ1) is 57.2. The van der Waals surface area contributed by atoms with E-state index in [-0.39, 0.29) is 94.7 Å². The minimum atomic E-state index is -1.18. The number of carboxylic acid groups (broad SMARTS) is 1. The Morgan fingerprint density at radius 1 is 0.773 bits per heavy atom. The Morgan fingerprint density at radius 3 is 2.06 bits per heavy atom.